The third-order valence-electron chi connectivity index (χ3n) is 6.23. The first-order valence-corrected chi connectivity index (χ1v) is 12.4. The zero-order valence-corrected chi connectivity index (χ0v) is 20.5. The molecule has 8 heteroatoms. The summed E-state index contributed by atoms with van der Waals surface area (Å²) in [4.78, 5) is 28.6. The van der Waals surface area contributed by atoms with E-state index in [0.29, 0.717) is 28.3 Å². The maximum atomic E-state index is 13.0. The third kappa shape index (κ3) is 5.22. The molecule has 36 heavy (non-hydrogen) atoms. The van der Waals surface area contributed by atoms with E-state index in [1.54, 1.807) is 24.5 Å². The lowest BCUT2D eigenvalue weighted by molar-refractivity contribution is 0.102. The second-order valence-electron chi connectivity index (χ2n) is 9.41. The van der Waals surface area contributed by atoms with Crippen molar-refractivity contribution in [2.24, 2.45) is 0 Å². The van der Waals surface area contributed by atoms with Crippen LogP contribution in [-0.4, -0.2) is 45.1 Å². The summed E-state index contributed by atoms with van der Waals surface area (Å²) in [7, 11) is 0. The third-order valence-corrected chi connectivity index (χ3v) is 6.23. The number of pyridine rings is 1. The summed E-state index contributed by atoms with van der Waals surface area (Å²) in [5, 5.41) is 17.7. The molecule has 3 heterocycles. The molecule has 2 aromatic carbocycles. The molecule has 4 aromatic rings. The van der Waals surface area contributed by atoms with Crippen LogP contribution in [0, 0.1) is 0 Å². The quantitative estimate of drug-likeness (QED) is 0.335. The maximum Gasteiger partial charge on any atom is 0.255 e. The highest BCUT2D eigenvalue weighted by Gasteiger charge is 2.15. The molecule has 1 aliphatic heterocycles. The van der Waals surface area contributed by atoms with Crippen molar-refractivity contribution in [1.82, 2.24) is 15.0 Å². The predicted molar refractivity (Wildman–Crippen MR) is 144 cm³/mol. The largest absolute Gasteiger partial charge is 0.507 e. The lowest BCUT2D eigenvalue weighted by atomic mass is 10.0. The number of benzene rings is 2. The van der Waals surface area contributed by atoms with Crippen molar-refractivity contribution in [3.05, 3.63) is 66.5 Å². The molecular formula is C28H30N6O2. The van der Waals surface area contributed by atoms with Gasteiger partial charge in [0.1, 0.15) is 11.6 Å². The number of anilines is 3. The van der Waals surface area contributed by atoms with Gasteiger partial charge in [0.25, 0.3) is 5.91 Å². The van der Waals surface area contributed by atoms with Gasteiger partial charge in [-0.2, -0.15) is 0 Å². The number of carbonyl (C=O) groups excluding carboxylic acids is 1. The van der Waals surface area contributed by atoms with Crippen molar-refractivity contribution in [2.75, 3.05) is 28.6 Å². The molecule has 5 rings (SSSR count). The number of rotatable bonds is 6. The lowest BCUT2D eigenvalue weighted by Gasteiger charge is -2.27. The number of amides is 1. The Kier molecular flexibility index (Phi) is 6.66. The van der Waals surface area contributed by atoms with E-state index in [1.165, 1.54) is 6.42 Å². The summed E-state index contributed by atoms with van der Waals surface area (Å²) in [5.41, 5.74) is 3.28. The SMILES string of the molecule is CC(C)Nc1ncc2cc(-c3cccc(NC(=O)c4ccnc(N5CCCCC5)c4)c3)c(O)cc2n1. The highest BCUT2D eigenvalue weighted by molar-refractivity contribution is 6.05. The van der Waals surface area contributed by atoms with Gasteiger partial charge in [-0.05, 0) is 69.0 Å². The van der Waals surface area contributed by atoms with Gasteiger partial charge in [0.2, 0.25) is 5.95 Å². The summed E-state index contributed by atoms with van der Waals surface area (Å²) in [5.74, 6) is 1.27. The van der Waals surface area contributed by atoms with Gasteiger partial charge in [0, 0.05) is 59.8 Å². The average molecular weight is 483 g/mol. The van der Waals surface area contributed by atoms with Crippen LogP contribution in [0.4, 0.5) is 17.5 Å². The fraction of sp³-hybridized carbons (Fsp3) is 0.286. The van der Waals surface area contributed by atoms with E-state index in [9.17, 15) is 9.90 Å². The van der Waals surface area contributed by atoms with Crippen LogP contribution in [0.3, 0.4) is 0 Å². The Labute approximate surface area is 210 Å². The van der Waals surface area contributed by atoms with Gasteiger partial charge in [-0.3, -0.25) is 4.79 Å². The van der Waals surface area contributed by atoms with Crippen LogP contribution in [-0.2, 0) is 0 Å². The van der Waals surface area contributed by atoms with Crippen molar-refractivity contribution >= 4 is 34.3 Å². The first-order valence-electron chi connectivity index (χ1n) is 12.4. The number of aromatic hydroxyl groups is 1. The number of fused-ring (bicyclic) bond motifs is 1. The minimum absolute atomic E-state index is 0.112. The molecule has 0 bridgehead atoms. The van der Waals surface area contributed by atoms with Crippen LogP contribution >= 0.6 is 0 Å². The van der Waals surface area contributed by atoms with E-state index in [0.717, 1.165) is 42.7 Å². The second kappa shape index (κ2) is 10.2. The first kappa shape index (κ1) is 23.5. The van der Waals surface area contributed by atoms with Gasteiger partial charge in [-0.25, -0.2) is 15.0 Å². The average Bonchev–Trinajstić information content (AvgIpc) is 2.88. The molecule has 0 unspecified atom stereocenters. The standard InChI is InChI=1S/C28H30N6O2/c1-18(2)31-28-30-17-21-14-23(25(35)16-24(21)33-28)19-7-6-8-22(13-19)32-27(36)20-9-10-29-26(15-20)34-11-4-3-5-12-34/h6-10,13-18,35H,3-5,11-12H2,1-2H3,(H,32,36)(H,30,31,33). The molecule has 0 spiro atoms. The zero-order valence-electron chi connectivity index (χ0n) is 20.5. The maximum absolute atomic E-state index is 13.0. The molecule has 3 N–H and O–H groups in total. The number of hydrogen-bond acceptors (Lipinski definition) is 7. The van der Waals surface area contributed by atoms with E-state index in [4.69, 9.17) is 0 Å². The van der Waals surface area contributed by atoms with E-state index in [1.807, 2.05) is 50.2 Å². The summed E-state index contributed by atoms with van der Waals surface area (Å²) >= 11 is 0. The van der Waals surface area contributed by atoms with Crippen LogP contribution < -0.4 is 15.5 Å². The fourth-order valence-corrected chi connectivity index (χ4v) is 4.45. The Morgan fingerprint density at radius 1 is 1.03 bits per heavy atom. The van der Waals surface area contributed by atoms with Gasteiger partial charge in [-0.15, -0.1) is 0 Å². The van der Waals surface area contributed by atoms with Crippen molar-refractivity contribution in [3.63, 3.8) is 0 Å². The number of hydrogen-bond donors (Lipinski definition) is 3. The topological polar surface area (TPSA) is 103 Å². The van der Waals surface area contributed by atoms with Crippen LogP contribution in [0.5, 0.6) is 5.75 Å². The van der Waals surface area contributed by atoms with Gasteiger partial charge in [0.15, 0.2) is 0 Å². The number of phenols is 1. The minimum atomic E-state index is -0.200. The molecule has 0 saturated carbocycles. The Morgan fingerprint density at radius 2 is 1.86 bits per heavy atom. The lowest BCUT2D eigenvalue weighted by Crippen LogP contribution is -2.30. The van der Waals surface area contributed by atoms with E-state index < -0.39 is 0 Å². The number of piperidine rings is 1. The van der Waals surface area contributed by atoms with Crippen molar-refractivity contribution in [3.8, 4) is 16.9 Å². The molecule has 1 saturated heterocycles. The zero-order chi connectivity index (χ0) is 25.1. The van der Waals surface area contributed by atoms with Crippen LogP contribution in [0.2, 0.25) is 0 Å². The molecule has 0 radical (unpaired) electrons. The number of nitrogens with one attached hydrogen (secondary N) is 2. The van der Waals surface area contributed by atoms with Crippen molar-refractivity contribution in [2.45, 2.75) is 39.2 Å². The molecule has 1 fully saturated rings. The van der Waals surface area contributed by atoms with Gasteiger partial charge < -0.3 is 20.6 Å². The highest BCUT2D eigenvalue weighted by atomic mass is 16.3. The summed E-state index contributed by atoms with van der Waals surface area (Å²) < 4.78 is 0. The number of phenolic OH excluding ortho intramolecular Hbond substituents is 1. The molecule has 1 aliphatic rings. The van der Waals surface area contributed by atoms with Gasteiger partial charge in [-0.1, -0.05) is 12.1 Å². The molecule has 184 valence electrons. The van der Waals surface area contributed by atoms with Gasteiger partial charge in [0.05, 0.1) is 5.52 Å². The Balaban J connectivity index is 1.37. The number of carbonyl (C=O) groups is 1. The van der Waals surface area contributed by atoms with Gasteiger partial charge >= 0.3 is 0 Å². The molecule has 0 aliphatic carbocycles. The van der Waals surface area contributed by atoms with Crippen molar-refractivity contribution < 1.29 is 9.90 Å². The number of nitrogens with zero attached hydrogens (tertiary/aromatic N) is 4. The second-order valence-corrected chi connectivity index (χ2v) is 9.41. The van der Waals surface area contributed by atoms with E-state index >= 15 is 0 Å². The van der Waals surface area contributed by atoms with Crippen LogP contribution in [0.1, 0.15) is 43.5 Å². The summed E-state index contributed by atoms with van der Waals surface area (Å²) in [6.07, 6.45) is 6.96. The first-order chi connectivity index (χ1) is 17.5. The minimum Gasteiger partial charge on any atom is -0.507 e. The molecule has 8 nitrogen and oxygen atoms in total. The molecular weight excluding hydrogens is 452 g/mol. The van der Waals surface area contributed by atoms with Crippen LogP contribution in [0.25, 0.3) is 22.0 Å². The number of aromatic nitrogens is 3. The smallest absolute Gasteiger partial charge is 0.255 e. The predicted octanol–water partition coefficient (Wildman–Crippen LogP) is 5.46. The van der Waals surface area contributed by atoms with Crippen molar-refractivity contribution in [1.29, 1.82) is 0 Å². The Bertz CT molecular complexity index is 1400. The fourth-order valence-electron chi connectivity index (χ4n) is 4.45. The summed E-state index contributed by atoms with van der Waals surface area (Å²) in [6.45, 7) is 5.97. The molecule has 0 atom stereocenters. The monoisotopic (exact) mass is 482 g/mol. The van der Waals surface area contributed by atoms with E-state index in [-0.39, 0.29) is 17.7 Å². The summed E-state index contributed by atoms with van der Waals surface area (Å²) in [6, 6.07) is 14.7. The van der Waals surface area contributed by atoms with Crippen LogP contribution in [0.15, 0.2) is 60.9 Å². The Hall–Kier alpha value is -4.20. The molecule has 1 amide bonds. The highest BCUT2D eigenvalue weighted by Crippen LogP contribution is 2.34. The molecule has 2 aromatic heterocycles. The Morgan fingerprint density at radius 3 is 2.67 bits per heavy atom. The normalized spacial score (nSPS) is 13.7. The van der Waals surface area contributed by atoms with E-state index in [2.05, 4.69) is 30.5 Å².